The maximum absolute atomic E-state index is 13.3. The molecule has 0 aliphatic rings. The van der Waals surface area contributed by atoms with Gasteiger partial charge >= 0.3 is 12.2 Å². The molecule has 0 radical (unpaired) electrons. The van der Waals surface area contributed by atoms with Crippen LogP contribution in [-0.4, -0.2) is 31.1 Å². The lowest BCUT2D eigenvalue weighted by Gasteiger charge is -2.16. The highest BCUT2D eigenvalue weighted by atomic mass is 35.5. The van der Waals surface area contributed by atoms with Crippen LogP contribution >= 0.6 is 23.2 Å². The van der Waals surface area contributed by atoms with Gasteiger partial charge in [-0.05, 0) is 42.5 Å². The molecule has 3 amide bonds. The van der Waals surface area contributed by atoms with Gasteiger partial charge in [-0.2, -0.15) is 13.2 Å². The van der Waals surface area contributed by atoms with Crippen molar-refractivity contribution in [2.45, 2.75) is 6.18 Å². The van der Waals surface area contributed by atoms with E-state index in [1.807, 2.05) is 0 Å². The summed E-state index contributed by atoms with van der Waals surface area (Å²) in [5.41, 5.74) is -0.460. The van der Waals surface area contributed by atoms with Gasteiger partial charge in [0.15, 0.2) is 0 Å². The zero-order chi connectivity index (χ0) is 30.4. The Morgan fingerprint density at radius 2 is 1.55 bits per heavy atom. The summed E-state index contributed by atoms with van der Waals surface area (Å²) in [4.78, 5) is 29.3. The number of aromatic nitrogens is 1. The molecule has 4 rings (SSSR count). The molecule has 0 unspecified atom stereocenters. The summed E-state index contributed by atoms with van der Waals surface area (Å²) < 4.78 is 55.6. The Labute approximate surface area is 247 Å². The van der Waals surface area contributed by atoms with Gasteiger partial charge in [-0.1, -0.05) is 29.3 Å². The van der Waals surface area contributed by atoms with Gasteiger partial charge in [0.05, 0.1) is 53.1 Å². The fourth-order valence-corrected chi connectivity index (χ4v) is 4.07. The van der Waals surface area contributed by atoms with Crippen molar-refractivity contribution in [2.75, 3.05) is 30.2 Å². The van der Waals surface area contributed by atoms with Crippen LogP contribution in [0.1, 0.15) is 15.9 Å². The standard InChI is InChI=1S/C28H21Cl2F3N4O5/c1-40-24-13-20(29)19(28(31,32)33)12-23(24)37-27(39)36-22-8-7-18(11-21(22)30)42-17-5-3-4-15(10-17)26(38)35-16-6-9-25(41-2)34-14-16/h3-14H,1-2H3,(H,35,38)(H2,36,37,39). The monoisotopic (exact) mass is 620 g/mol. The van der Waals surface area contributed by atoms with E-state index >= 15 is 0 Å². The number of alkyl halides is 3. The van der Waals surface area contributed by atoms with Gasteiger partial charge < -0.3 is 30.2 Å². The fourth-order valence-electron chi connectivity index (χ4n) is 3.59. The molecule has 9 nitrogen and oxygen atoms in total. The lowest BCUT2D eigenvalue weighted by Crippen LogP contribution is -2.20. The Kier molecular flexibility index (Phi) is 9.28. The van der Waals surface area contributed by atoms with Crippen LogP contribution in [0.15, 0.2) is 72.9 Å². The quantitative estimate of drug-likeness (QED) is 0.183. The minimum Gasteiger partial charge on any atom is -0.495 e. The van der Waals surface area contributed by atoms with E-state index in [1.165, 1.54) is 44.7 Å². The van der Waals surface area contributed by atoms with E-state index in [1.54, 1.807) is 30.3 Å². The van der Waals surface area contributed by atoms with Crippen molar-refractivity contribution in [2.24, 2.45) is 0 Å². The van der Waals surface area contributed by atoms with Crippen molar-refractivity contribution in [1.29, 1.82) is 0 Å². The first-order valence-corrected chi connectivity index (χ1v) is 12.6. The van der Waals surface area contributed by atoms with Crippen molar-refractivity contribution < 1.29 is 37.0 Å². The third-order valence-electron chi connectivity index (χ3n) is 5.57. The molecule has 0 bridgehead atoms. The predicted molar refractivity (Wildman–Crippen MR) is 152 cm³/mol. The van der Waals surface area contributed by atoms with Crippen LogP contribution in [0.2, 0.25) is 10.0 Å². The normalized spacial score (nSPS) is 10.9. The molecule has 14 heteroatoms. The highest BCUT2D eigenvalue weighted by Crippen LogP contribution is 2.40. The van der Waals surface area contributed by atoms with E-state index in [-0.39, 0.29) is 27.9 Å². The molecule has 0 spiro atoms. The first-order valence-electron chi connectivity index (χ1n) is 11.9. The number of hydrogen-bond acceptors (Lipinski definition) is 6. The van der Waals surface area contributed by atoms with Crippen molar-refractivity contribution in [3.05, 3.63) is 94.1 Å². The second-order valence-corrected chi connectivity index (χ2v) is 9.24. The zero-order valence-corrected chi connectivity index (χ0v) is 23.3. The summed E-state index contributed by atoms with van der Waals surface area (Å²) in [5, 5.41) is 6.97. The van der Waals surface area contributed by atoms with Crippen LogP contribution < -0.4 is 30.2 Å². The summed E-state index contributed by atoms with van der Waals surface area (Å²) in [7, 11) is 2.71. The number of nitrogens with one attached hydrogen (secondary N) is 3. The highest BCUT2D eigenvalue weighted by Gasteiger charge is 2.34. The Bertz CT molecular complexity index is 1620. The van der Waals surface area contributed by atoms with Gasteiger partial charge in [-0.25, -0.2) is 9.78 Å². The average Bonchev–Trinajstić information content (AvgIpc) is 2.95. The number of ether oxygens (including phenoxy) is 3. The molecule has 218 valence electrons. The smallest absolute Gasteiger partial charge is 0.417 e. The molecule has 3 aromatic carbocycles. The van der Waals surface area contributed by atoms with Crippen molar-refractivity contribution in [1.82, 2.24) is 4.98 Å². The maximum atomic E-state index is 13.3. The summed E-state index contributed by atoms with van der Waals surface area (Å²) >= 11 is 12.0. The number of rotatable bonds is 8. The van der Waals surface area contributed by atoms with E-state index < -0.39 is 28.7 Å². The van der Waals surface area contributed by atoms with E-state index in [2.05, 4.69) is 20.9 Å². The number of urea groups is 1. The second-order valence-electron chi connectivity index (χ2n) is 8.42. The van der Waals surface area contributed by atoms with E-state index in [4.69, 9.17) is 37.4 Å². The zero-order valence-electron chi connectivity index (χ0n) is 21.8. The largest absolute Gasteiger partial charge is 0.495 e. The first kappa shape index (κ1) is 30.3. The Morgan fingerprint density at radius 1 is 0.810 bits per heavy atom. The topological polar surface area (TPSA) is 111 Å². The third kappa shape index (κ3) is 7.53. The lowest BCUT2D eigenvalue weighted by atomic mass is 10.1. The Hall–Kier alpha value is -4.68. The molecule has 42 heavy (non-hydrogen) atoms. The molecule has 0 fully saturated rings. The van der Waals surface area contributed by atoms with Gasteiger partial charge in [-0.3, -0.25) is 4.79 Å². The van der Waals surface area contributed by atoms with Gasteiger partial charge in [0.1, 0.15) is 17.2 Å². The lowest BCUT2D eigenvalue weighted by molar-refractivity contribution is -0.137. The number of carbonyl (C=O) groups is 2. The van der Waals surface area contributed by atoms with Gasteiger partial charge in [0.2, 0.25) is 5.88 Å². The van der Waals surface area contributed by atoms with Gasteiger partial charge in [0, 0.05) is 23.8 Å². The minimum absolute atomic E-state index is 0.0719. The number of hydrogen-bond donors (Lipinski definition) is 3. The molecule has 0 atom stereocenters. The number of methoxy groups -OCH3 is 2. The molecular formula is C28H21Cl2F3N4O5. The summed E-state index contributed by atoms with van der Waals surface area (Å²) in [6, 6.07) is 14.7. The molecule has 4 aromatic rings. The van der Waals surface area contributed by atoms with Gasteiger partial charge in [-0.15, -0.1) is 0 Å². The molecule has 1 heterocycles. The number of halogens is 5. The van der Waals surface area contributed by atoms with Crippen LogP contribution in [0, 0.1) is 0 Å². The predicted octanol–water partition coefficient (Wildman–Crippen LogP) is 8.11. The van der Waals surface area contributed by atoms with Crippen LogP contribution in [0.25, 0.3) is 0 Å². The van der Waals surface area contributed by atoms with Crippen LogP contribution in [0.3, 0.4) is 0 Å². The summed E-state index contributed by atoms with van der Waals surface area (Å²) in [5.74, 6) is 0.563. The molecule has 0 saturated carbocycles. The van der Waals surface area contributed by atoms with Gasteiger partial charge in [0.25, 0.3) is 5.91 Å². The van der Waals surface area contributed by atoms with Crippen LogP contribution in [0.4, 0.5) is 35.0 Å². The van der Waals surface area contributed by atoms with Crippen molar-refractivity contribution in [3.63, 3.8) is 0 Å². The number of nitrogens with zero attached hydrogens (tertiary/aromatic N) is 1. The molecule has 3 N–H and O–H groups in total. The SMILES string of the molecule is COc1ccc(NC(=O)c2cccc(Oc3ccc(NC(=O)Nc4cc(C(F)(F)F)c(Cl)cc4OC)c(Cl)c3)c2)cn1. The Morgan fingerprint density at radius 3 is 2.19 bits per heavy atom. The third-order valence-corrected chi connectivity index (χ3v) is 6.19. The van der Waals surface area contributed by atoms with Crippen molar-refractivity contribution in [3.8, 4) is 23.1 Å². The second kappa shape index (κ2) is 12.9. The molecular weight excluding hydrogens is 600 g/mol. The Balaban J connectivity index is 1.42. The first-order chi connectivity index (χ1) is 20.0. The fraction of sp³-hybridized carbons (Fsp3) is 0.107. The molecule has 1 aromatic heterocycles. The maximum Gasteiger partial charge on any atom is 0.417 e. The number of benzene rings is 3. The van der Waals surface area contributed by atoms with Crippen molar-refractivity contribution >= 4 is 52.2 Å². The summed E-state index contributed by atoms with van der Waals surface area (Å²) in [6.07, 6.45) is -3.28. The highest BCUT2D eigenvalue weighted by molar-refractivity contribution is 6.34. The number of amides is 3. The molecule has 0 saturated heterocycles. The number of pyridine rings is 1. The van der Waals surface area contributed by atoms with Crippen LogP contribution in [-0.2, 0) is 6.18 Å². The van der Waals surface area contributed by atoms with E-state index in [9.17, 15) is 22.8 Å². The average molecular weight is 621 g/mol. The number of carbonyl (C=O) groups excluding carboxylic acids is 2. The van der Waals surface area contributed by atoms with E-state index in [0.717, 1.165) is 6.07 Å². The summed E-state index contributed by atoms with van der Waals surface area (Å²) in [6.45, 7) is 0. The number of anilines is 3. The molecule has 0 aliphatic carbocycles. The van der Waals surface area contributed by atoms with Crippen LogP contribution in [0.5, 0.6) is 23.1 Å². The molecule has 0 aliphatic heterocycles. The minimum atomic E-state index is -4.74. The van der Waals surface area contributed by atoms with E-state index in [0.29, 0.717) is 28.9 Å².